The number of nitro benzene ring substituents is 1. The number of urea groups is 1. The van der Waals surface area contributed by atoms with Gasteiger partial charge in [-0.25, -0.2) is 9.59 Å². The number of carbonyl (C=O) groups is 2. The highest BCUT2D eigenvalue weighted by molar-refractivity contribution is 5.95. The first-order chi connectivity index (χ1) is 21.0. The van der Waals surface area contributed by atoms with Gasteiger partial charge in [-0.2, -0.15) is 5.10 Å². The Kier molecular flexibility index (Phi) is 9.85. The van der Waals surface area contributed by atoms with Crippen LogP contribution in [0.3, 0.4) is 0 Å². The molecule has 1 aliphatic rings. The number of ether oxygens (including phenoxy) is 3. The Morgan fingerprint density at radius 2 is 1.91 bits per heavy atom. The summed E-state index contributed by atoms with van der Waals surface area (Å²) in [5, 5.41) is 31.2. The molecule has 1 aromatic heterocycles. The van der Waals surface area contributed by atoms with Crippen LogP contribution in [0.4, 0.5) is 10.5 Å². The van der Waals surface area contributed by atoms with E-state index >= 15 is 0 Å². The van der Waals surface area contributed by atoms with Gasteiger partial charge in [0, 0.05) is 11.8 Å². The number of hydrazone groups is 1. The van der Waals surface area contributed by atoms with Gasteiger partial charge < -0.3 is 34.4 Å². The molecule has 0 bridgehead atoms. The van der Waals surface area contributed by atoms with Crippen molar-refractivity contribution in [2.45, 2.75) is 40.0 Å². The van der Waals surface area contributed by atoms with Crippen LogP contribution in [0.1, 0.15) is 42.3 Å². The second-order valence-corrected chi connectivity index (χ2v) is 9.83. The van der Waals surface area contributed by atoms with Gasteiger partial charge in [0.25, 0.3) is 5.69 Å². The average Bonchev–Trinajstić information content (AvgIpc) is 3.45. The molecule has 2 amide bonds. The fraction of sp³-hybridized carbons (Fsp3) is 0.300. The molecule has 0 radical (unpaired) electrons. The number of rotatable bonds is 12. The molecular weight excluding hydrogens is 574 g/mol. The van der Waals surface area contributed by atoms with Crippen molar-refractivity contribution in [2.24, 2.45) is 5.10 Å². The number of hydrogen-bond donors (Lipinski definition) is 4. The van der Waals surface area contributed by atoms with E-state index in [0.29, 0.717) is 46.5 Å². The summed E-state index contributed by atoms with van der Waals surface area (Å²) in [5.74, 6) is 0.671. The number of allylic oxidation sites excluding steroid dienone is 1. The quantitative estimate of drug-likeness (QED) is 0.0771. The first-order valence-electron chi connectivity index (χ1n) is 13.6. The summed E-state index contributed by atoms with van der Waals surface area (Å²) in [6.45, 7) is 7.15. The second kappa shape index (κ2) is 13.7. The number of carbonyl (C=O) groups excluding carboxylic acids is 2. The Balaban J connectivity index is 1.41. The van der Waals surface area contributed by atoms with Crippen molar-refractivity contribution in [3.63, 3.8) is 0 Å². The molecule has 0 saturated heterocycles. The third kappa shape index (κ3) is 7.15. The van der Waals surface area contributed by atoms with Gasteiger partial charge in [-0.05, 0) is 74.7 Å². The number of aliphatic hydroxyl groups is 1. The van der Waals surface area contributed by atoms with Crippen LogP contribution in [-0.2, 0) is 9.53 Å². The predicted octanol–water partition coefficient (Wildman–Crippen LogP) is 3.99. The smallest absolute Gasteiger partial charge is 0.337 e. The largest absolute Gasteiger partial charge is 0.490 e. The van der Waals surface area contributed by atoms with E-state index in [1.807, 2.05) is 6.92 Å². The Morgan fingerprint density at radius 1 is 1.16 bits per heavy atom. The number of amides is 2. The molecule has 0 fully saturated rings. The van der Waals surface area contributed by atoms with Crippen molar-refractivity contribution in [1.29, 1.82) is 0 Å². The van der Waals surface area contributed by atoms with Crippen molar-refractivity contribution >= 4 is 23.9 Å². The Hall–Kier alpha value is -5.37. The normalized spacial score (nSPS) is 15.4. The highest BCUT2D eigenvalue weighted by Crippen LogP contribution is 2.35. The fourth-order valence-electron chi connectivity index (χ4n) is 4.53. The topological polar surface area (TPSA) is 187 Å². The standard InChI is InChI=1S/C30H33N5O9/c1-6-42-25-13-19(28-27(29(37)41-5)18(4)32-30(38)33-28)7-9-24(25)43-15-26(36)34-31-14-20-8-10-23(44-20)21-11-16(2)17(3)12-22(21)35(39)40/h7-14,26,28,34,36H,6,15H2,1-5H3,(H2,32,33,38)/b31-14-/t26-,28+/m1/s1. The Morgan fingerprint density at radius 3 is 2.61 bits per heavy atom. The van der Waals surface area contributed by atoms with Gasteiger partial charge in [0.1, 0.15) is 18.1 Å². The number of benzene rings is 2. The van der Waals surface area contributed by atoms with Crippen LogP contribution in [0.15, 0.2) is 63.3 Å². The van der Waals surface area contributed by atoms with E-state index in [1.54, 1.807) is 57.2 Å². The minimum absolute atomic E-state index is 0.0629. The maximum Gasteiger partial charge on any atom is 0.337 e. The molecule has 2 atom stereocenters. The third-order valence-corrected chi connectivity index (χ3v) is 6.79. The Labute approximate surface area is 252 Å². The third-order valence-electron chi connectivity index (χ3n) is 6.79. The number of furan rings is 1. The zero-order chi connectivity index (χ0) is 32.0. The van der Waals surface area contributed by atoms with Gasteiger partial charge >= 0.3 is 12.0 Å². The van der Waals surface area contributed by atoms with Gasteiger partial charge in [0.15, 0.2) is 17.7 Å². The number of hydrogen-bond acceptors (Lipinski definition) is 11. The molecule has 44 heavy (non-hydrogen) atoms. The summed E-state index contributed by atoms with van der Waals surface area (Å²) in [6, 6.07) is 10.1. The first kappa shape index (κ1) is 31.6. The van der Waals surface area contributed by atoms with Gasteiger partial charge in [-0.15, -0.1) is 0 Å². The number of methoxy groups -OCH3 is 1. The van der Waals surface area contributed by atoms with E-state index in [0.717, 1.165) is 11.1 Å². The highest BCUT2D eigenvalue weighted by atomic mass is 16.6. The molecule has 14 heteroatoms. The molecule has 4 N–H and O–H groups in total. The zero-order valence-electron chi connectivity index (χ0n) is 24.8. The SMILES string of the molecule is CCOc1cc([C@@H]2NC(=O)NC(C)=C2C(=O)OC)ccc1OC[C@@H](O)N/N=C\c1ccc(-c2cc(C)c(C)cc2[N+](=O)[O-])o1. The van der Waals surface area contributed by atoms with Crippen LogP contribution < -0.4 is 25.5 Å². The molecule has 14 nitrogen and oxygen atoms in total. The van der Waals surface area contributed by atoms with Crippen molar-refractivity contribution in [3.8, 4) is 22.8 Å². The lowest BCUT2D eigenvalue weighted by molar-refractivity contribution is -0.384. The summed E-state index contributed by atoms with van der Waals surface area (Å²) in [7, 11) is 1.26. The number of nitrogens with one attached hydrogen (secondary N) is 3. The van der Waals surface area contributed by atoms with Crippen molar-refractivity contribution in [3.05, 3.63) is 86.3 Å². The lowest BCUT2D eigenvalue weighted by Crippen LogP contribution is -2.45. The second-order valence-electron chi connectivity index (χ2n) is 9.83. The van der Waals surface area contributed by atoms with Crippen LogP contribution in [-0.4, -0.2) is 54.8 Å². The summed E-state index contributed by atoms with van der Waals surface area (Å²) >= 11 is 0. The van der Waals surface area contributed by atoms with Crippen LogP contribution >= 0.6 is 0 Å². The number of nitrogens with zero attached hydrogens (tertiary/aromatic N) is 2. The van der Waals surface area contributed by atoms with Crippen LogP contribution in [0, 0.1) is 24.0 Å². The first-order valence-corrected chi connectivity index (χ1v) is 13.6. The number of esters is 1. The number of nitro groups is 1. The molecule has 2 heterocycles. The summed E-state index contributed by atoms with van der Waals surface area (Å²) in [5.41, 5.74) is 5.68. The van der Waals surface area contributed by atoms with Crippen LogP contribution in [0.2, 0.25) is 0 Å². The van der Waals surface area contributed by atoms with E-state index in [4.69, 9.17) is 18.6 Å². The highest BCUT2D eigenvalue weighted by Gasteiger charge is 2.32. The van der Waals surface area contributed by atoms with E-state index < -0.39 is 29.2 Å². The summed E-state index contributed by atoms with van der Waals surface area (Å²) in [4.78, 5) is 35.6. The van der Waals surface area contributed by atoms with Crippen LogP contribution in [0.5, 0.6) is 11.5 Å². The maximum atomic E-state index is 12.4. The molecule has 232 valence electrons. The van der Waals surface area contributed by atoms with Crippen LogP contribution in [0.25, 0.3) is 11.3 Å². The average molecular weight is 608 g/mol. The summed E-state index contributed by atoms with van der Waals surface area (Å²) in [6.07, 6.45) is 0.0951. The van der Waals surface area contributed by atoms with Gasteiger partial charge in [0.2, 0.25) is 0 Å². The van der Waals surface area contributed by atoms with E-state index in [2.05, 4.69) is 21.2 Å². The number of aliphatic hydroxyl groups excluding tert-OH is 1. The molecule has 0 aliphatic carbocycles. The number of aryl methyl sites for hydroxylation is 2. The predicted molar refractivity (Wildman–Crippen MR) is 159 cm³/mol. The molecule has 0 spiro atoms. The molecular formula is C30H33N5O9. The van der Waals surface area contributed by atoms with Crippen molar-refractivity contribution < 1.29 is 38.2 Å². The zero-order valence-corrected chi connectivity index (χ0v) is 24.8. The monoisotopic (exact) mass is 607 g/mol. The lowest BCUT2D eigenvalue weighted by Gasteiger charge is -2.28. The minimum atomic E-state index is -1.23. The molecule has 1 aliphatic heterocycles. The molecule has 0 saturated carbocycles. The minimum Gasteiger partial charge on any atom is -0.490 e. The lowest BCUT2D eigenvalue weighted by atomic mass is 9.95. The van der Waals surface area contributed by atoms with Gasteiger partial charge in [0.05, 0.1) is 42.0 Å². The van der Waals surface area contributed by atoms with Gasteiger partial charge in [-0.3, -0.25) is 15.5 Å². The van der Waals surface area contributed by atoms with E-state index in [-0.39, 0.29) is 17.9 Å². The maximum absolute atomic E-state index is 12.4. The van der Waals surface area contributed by atoms with Crippen molar-refractivity contribution in [1.82, 2.24) is 16.1 Å². The van der Waals surface area contributed by atoms with Gasteiger partial charge in [-0.1, -0.05) is 6.07 Å². The summed E-state index contributed by atoms with van der Waals surface area (Å²) < 4.78 is 22.1. The molecule has 2 aromatic carbocycles. The van der Waals surface area contributed by atoms with E-state index in [1.165, 1.54) is 19.4 Å². The molecule has 0 unspecified atom stereocenters. The molecule has 4 rings (SSSR count). The fourth-order valence-corrected chi connectivity index (χ4v) is 4.53. The Bertz CT molecular complexity index is 1630. The van der Waals surface area contributed by atoms with Crippen molar-refractivity contribution in [2.75, 3.05) is 20.3 Å². The molecule has 3 aromatic rings. The van der Waals surface area contributed by atoms with E-state index in [9.17, 15) is 24.8 Å².